The van der Waals surface area contributed by atoms with Gasteiger partial charge in [0, 0.05) is 36.8 Å². The molecule has 0 bridgehead atoms. The number of methoxy groups -OCH3 is 2. The second kappa shape index (κ2) is 11.4. The summed E-state index contributed by atoms with van der Waals surface area (Å²) in [6.07, 6.45) is 0.762. The molecule has 1 amide bonds. The fourth-order valence-corrected chi connectivity index (χ4v) is 4.14. The van der Waals surface area contributed by atoms with Crippen LogP contribution in [0.15, 0.2) is 77.6 Å². The van der Waals surface area contributed by atoms with E-state index in [2.05, 4.69) is 34.4 Å². The van der Waals surface area contributed by atoms with Crippen LogP contribution in [-0.2, 0) is 0 Å². The van der Waals surface area contributed by atoms with Crippen molar-refractivity contribution in [3.8, 4) is 17.2 Å². The lowest BCUT2D eigenvalue weighted by Gasteiger charge is -2.23. The molecule has 0 saturated carbocycles. The zero-order chi connectivity index (χ0) is 25.5. The molecule has 4 rings (SSSR count). The van der Waals surface area contributed by atoms with Gasteiger partial charge in [-0.25, -0.2) is 0 Å². The van der Waals surface area contributed by atoms with Crippen molar-refractivity contribution in [3.05, 3.63) is 88.8 Å². The third kappa shape index (κ3) is 5.17. The Hall–Kier alpha value is -4.33. The van der Waals surface area contributed by atoms with Crippen LogP contribution in [0, 0.1) is 0 Å². The molecule has 0 fully saturated rings. The standard InChI is InChI=1S/C28H30N4O4/c1-4-31(20-11-6-5-7-12-20)18-10-17-29-27(33)26-22-13-8-9-14-23(22)28(34)32(30-26)24-16-15-21(35-2)19-25(24)36-3/h5-9,11-16,19H,4,10,17-18H2,1-3H3,(H,29,33). The van der Waals surface area contributed by atoms with Gasteiger partial charge in [0.2, 0.25) is 0 Å². The molecule has 1 heterocycles. The van der Waals surface area contributed by atoms with Crippen molar-refractivity contribution in [1.29, 1.82) is 0 Å². The van der Waals surface area contributed by atoms with Crippen molar-refractivity contribution in [3.63, 3.8) is 0 Å². The second-order valence-corrected chi connectivity index (χ2v) is 8.17. The Kier molecular flexibility index (Phi) is 7.85. The molecule has 8 heteroatoms. The average Bonchev–Trinajstić information content (AvgIpc) is 2.93. The van der Waals surface area contributed by atoms with Crippen LogP contribution in [0.3, 0.4) is 0 Å². The molecule has 1 N–H and O–H groups in total. The van der Waals surface area contributed by atoms with Crippen LogP contribution in [0.25, 0.3) is 16.5 Å². The SMILES string of the molecule is CCN(CCCNC(=O)c1nn(-c2ccc(OC)cc2OC)c(=O)c2ccccc12)c1ccccc1. The zero-order valence-electron chi connectivity index (χ0n) is 20.7. The normalized spacial score (nSPS) is 10.8. The Balaban J connectivity index is 1.59. The average molecular weight is 487 g/mol. The summed E-state index contributed by atoms with van der Waals surface area (Å²) in [6.45, 7) is 4.26. The molecule has 3 aromatic carbocycles. The minimum atomic E-state index is -0.341. The first-order valence-corrected chi connectivity index (χ1v) is 11.9. The molecule has 186 valence electrons. The quantitative estimate of drug-likeness (QED) is 0.341. The van der Waals surface area contributed by atoms with Crippen LogP contribution in [0.5, 0.6) is 11.5 Å². The second-order valence-electron chi connectivity index (χ2n) is 8.17. The molecular formula is C28H30N4O4. The number of aromatic nitrogens is 2. The van der Waals surface area contributed by atoms with E-state index in [1.54, 1.807) is 49.6 Å². The predicted molar refractivity (Wildman–Crippen MR) is 142 cm³/mol. The number of benzene rings is 3. The topological polar surface area (TPSA) is 85.7 Å². The van der Waals surface area contributed by atoms with Crippen LogP contribution < -0.4 is 25.2 Å². The van der Waals surface area contributed by atoms with E-state index in [0.717, 1.165) is 25.2 Å². The Bertz CT molecular complexity index is 1400. The predicted octanol–water partition coefficient (Wildman–Crippen LogP) is 4.05. The lowest BCUT2D eigenvalue weighted by atomic mass is 10.1. The number of carbonyl (C=O) groups excluding carboxylic acids is 1. The fraction of sp³-hybridized carbons (Fsp3) is 0.250. The molecule has 1 aromatic heterocycles. The van der Waals surface area contributed by atoms with Crippen molar-refractivity contribution >= 4 is 22.4 Å². The number of hydrogen-bond acceptors (Lipinski definition) is 6. The number of hydrogen-bond donors (Lipinski definition) is 1. The molecule has 4 aromatic rings. The Morgan fingerprint density at radius 1 is 0.972 bits per heavy atom. The van der Waals surface area contributed by atoms with Crippen LogP contribution in [0.2, 0.25) is 0 Å². The molecule has 0 atom stereocenters. The van der Waals surface area contributed by atoms with Crippen molar-refractivity contribution < 1.29 is 14.3 Å². The maximum absolute atomic E-state index is 13.3. The maximum Gasteiger partial charge on any atom is 0.279 e. The highest BCUT2D eigenvalue weighted by molar-refractivity contribution is 6.04. The highest BCUT2D eigenvalue weighted by atomic mass is 16.5. The number of anilines is 1. The first kappa shape index (κ1) is 24.8. The Morgan fingerprint density at radius 3 is 2.39 bits per heavy atom. The molecular weight excluding hydrogens is 456 g/mol. The van der Waals surface area contributed by atoms with E-state index in [1.807, 2.05) is 18.2 Å². The third-order valence-electron chi connectivity index (χ3n) is 6.03. The first-order valence-electron chi connectivity index (χ1n) is 11.9. The van der Waals surface area contributed by atoms with Gasteiger partial charge in [-0.1, -0.05) is 36.4 Å². The van der Waals surface area contributed by atoms with E-state index in [9.17, 15) is 9.59 Å². The van der Waals surface area contributed by atoms with Crippen molar-refractivity contribution in [2.45, 2.75) is 13.3 Å². The largest absolute Gasteiger partial charge is 0.497 e. The van der Waals surface area contributed by atoms with E-state index in [1.165, 1.54) is 11.8 Å². The van der Waals surface area contributed by atoms with Crippen molar-refractivity contribution in [2.75, 3.05) is 38.8 Å². The maximum atomic E-state index is 13.3. The summed E-state index contributed by atoms with van der Waals surface area (Å²) >= 11 is 0. The Labute approximate surface area is 210 Å². The highest BCUT2D eigenvalue weighted by Crippen LogP contribution is 2.27. The molecule has 0 aliphatic rings. The molecule has 0 radical (unpaired) electrons. The Morgan fingerprint density at radius 2 is 1.69 bits per heavy atom. The van der Waals surface area contributed by atoms with Gasteiger partial charge < -0.3 is 19.7 Å². The van der Waals surface area contributed by atoms with Crippen LogP contribution >= 0.6 is 0 Å². The number of fused-ring (bicyclic) bond motifs is 1. The number of rotatable bonds is 10. The van der Waals surface area contributed by atoms with Gasteiger partial charge in [0.25, 0.3) is 11.5 Å². The molecule has 36 heavy (non-hydrogen) atoms. The molecule has 8 nitrogen and oxygen atoms in total. The molecule has 0 aliphatic heterocycles. The van der Waals surface area contributed by atoms with Crippen LogP contribution in [0.1, 0.15) is 23.8 Å². The van der Waals surface area contributed by atoms with Crippen molar-refractivity contribution in [1.82, 2.24) is 15.1 Å². The monoisotopic (exact) mass is 486 g/mol. The van der Waals surface area contributed by atoms with Gasteiger partial charge in [0.15, 0.2) is 5.69 Å². The minimum absolute atomic E-state index is 0.179. The van der Waals surface area contributed by atoms with Gasteiger partial charge in [-0.2, -0.15) is 9.78 Å². The lowest BCUT2D eigenvalue weighted by molar-refractivity contribution is 0.0948. The van der Waals surface area contributed by atoms with Crippen LogP contribution in [-0.4, -0.2) is 49.5 Å². The third-order valence-corrected chi connectivity index (χ3v) is 6.03. The van der Waals surface area contributed by atoms with E-state index >= 15 is 0 Å². The molecule has 0 unspecified atom stereocenters. The summed E-state index contributed by atoms with van der Waals surface area (Å²) in [5, 5.41) is 8.35. The van der Waals surface area contributed by atoms with Gasteiger partial charge in [-0.15, -0.1) is 0 Å². The minimum Gasteiger partial charge on any atom is -0.497 e. The van der Waals surface area contributed by atoms with Crippen LogP contribution in [0.4, 0.5) is 5.69 Å². The zero-order valence-corrected chi connectivity index (χ0v) is 20.7. The first-order chi connectivity index (χ1) is 17.6. The number of nitrogens with zero attached hydrogens (tertiary/aromatic N) is 3. The smallest absolute Gasteiger partial charge is 0.279 e. The highest BCUT2D eigenvalue weighted by Gasteiger charge is 2.19. The van der Waals surface area contributed by atoms with E-state index in [0.29, 0.717) is 34.5 Å². The van der Waals surface area contributed by atoms with Gasteiger partial charge in [0.1, 0.15) is 17.2 Å². The molecule has 0 saturated heterocycles. The number of nitrogens with one attached hydrogen (secondary N) is 1. The molecule has 0 aliphatic carbocycles. The van der Waals surface area contributed by atoms with E-state index < -0.39 is 0 Å². The van der Waals surface area contributed by atoms with Gasteiger partial charge >= 0.3 is 0 Å². The molecule has 0 spiro atoms. The van der Waals surface area contributed by atoms with Crippen molar-refractivity contribution in [2.24, 2.45) is 0 Å². The number of para-hydroxylation sites is 1. The summed E-state index contributed by atoms with van der Waals surface area (Å²) in [4.78, 5) is 28.8. The van der Waals surface area contributed by atoms with E-state index in [-0.39, 0.29) is 17.2 Å². The van der Waals surface area contributed by atoms with Gasteiger partial charge in [0.05, 0.1) is 19.6 Å². The number of amides is 1. The summed E-state index contributed by atoms with van der Waals surface area (Å²) in [5.41, 5.74) is 1.41. The number of ether oxygens (including phenoxy) is 2. The van der Waals surface area contributed by atoms with Gasteiger partial charge in [-0.3, -0.25) is 9.59 Å². The summed E-state index contributed by atoms with van der Waals surface area (Å²) in [6, 6.07) is 22.3. The summed E-state index contributed by atoms with van der Waals surface area (Å²) in [7, 11) is 3.06. The summed E-state index contributed by atoms with van der Waals surface area (Å²) in [5.74, 6) is 0.653. The summed E-state index contributed by atoms with van der Waals surface area (Å²) < 4.78 is 11.9. The fourth-order valence-electron chi connectivity index (χ4n) is 4.14. The number of carbonyl (C=O) groups is 1. The lowest BCUT2D eigenvalue weighted by Crippen LogP contribution is -2.32. The van der Waals surface area contributed by atoms with E-state index in [4.69, 9.17) is 9.47 Å². The van der Waals surface area contributed by atoms with Gasteiger partial charge in [-0.05, 0) is 43.7 Å².